The molecule has 3 N–H and O–H groups in total. The highest BCUT2D eigenvalue weighted by Gasteiger charge is 2.31. The molecule has 0 fully saturated rings. The van der Waals surface area contributed by atoms with Crippen LogP contribution in [0.25, 0.3) is 0 Å². The fourth-order valence-electron chi connectivity index (χ4n) is 2.75. The van der Waals surface area contributed by atoms with Crippen LogP contribution in [0.15, 0.2) is 72.0 Å². The third-order valence-electron chi connectivity index (χ3n) is 3.87. The first-order valence-electron chi connectivity index (χ1n) is 7.77. The van der Waals surface area contributed by atoms with Crippen LogP contribution in [0.3, 0.4) is 0 Å². The lowest BCUT2D eigenvalue weighted by atomic mass is 9.96. The van der Waals surface area contributed by atoms with E-state index in [9.17, 15) is 14.7 Å². The number of aliphatic hydroxyl groups excluding tert-OH is 1. The van der Waals surface area contributed by atoms with Crippen molar-refractivity contribution in [2.45, 2.75) is 18.9 Å². The summed E-state index contributed by atoms with van der Waals surface area (Å²) in [5.41, 5.74) is 1.41. The monoisotopic (exact) mass is 322 g/mol. The van der Waals surface area contributed by atoms with Crippen molar-refractivity contribution < 1.29 is 14.7 Å². The van der Waals surface area contributed by atoms with E-state index in [1.165, 1.54) is 0 Å². The number of anilines is 1. The standard InChI is InChI=1S/C19H18N2O3/c22-16-12-15(11-13-7-3-1-4-8-13)21-19(24)17(16)18(23)20-14-9-5-2-6-10-14/h1-10,15,22H,11-12H2,(H,20,23)(H,21,24). The number of benzene rings is 2. The summed E-state index contributed by atoms with van der Waals surface area (Å²) in [5, 5.41) is 15.6. The molecule has 0 radical (unpaired) electrons. The molecule has 2 aromatic rings. The first-order valence-corrected chi connectivity index (χ1v) is 7.77. The number of nitrogens with one attached hydrogen (secondary N) is 2. The van der Waals surface area contributed by atoms with Crippen molar-refractivity contribution in [3.05, 3.63) is 77.6 Å². The third kappa shape index (κ3) is 3.63. The molecule has 0 spiro atoms. The van der Waals surface area contributed by atoms with Crippen LogP contribution >= 0.6 is 0 Å². The van der Waals surface area contributed by atoms with Crippen molar-refractivity contribution in [3.8, 4) is 0 Å². The summed E-state index contributed by atoms with van der Waals surface area (Å²) in [4.78, 5) is 24.5. The summed E-state index contributed by atoms with van der Waals surface area (Å²) in [6.07, 6.45) is 0.836. The minimum atomic E-state index is -0.602. The molecule has 2 amide bonds. The Hall–Kier alpha value is -3.08. The smallest absolute Gasteiger partial charge is 0.264 e. The lowest BCUT2D eigenvalue weighted by molar-refractivity contribution is -0.122. The van der Waals surface area contributed by atoms with Crippen molar-refractivity contribution in [1.29, 1.82) is 0 Å². The first-order chi connectivity index (χ1) is 11.6. The minimum Gasteiger partial charge on any atom is -0.511 e. The van der Waals surface area contributed by atoms with Crippen molar-refractivity contribution >= 4 is 17.5 Å². The maximum atomic E-state index is 12.3. The summed E-state index contributed by atoms with van der Waals surface area (Å²) in [6.45, 7) is 0. The van der Waals surface area contributed by atoms with Crippen LogP contribution in [-0.2, 0) is 16.0 Å². The fourth-order valence-corrected chi connectivity index (χ4v) is 2.75. The van der Waals surface area contributed by atoms with Gasteiger partial charge < -0.3 is 15.7 Å². The molecule has 1 unspecified atom stereocenters. The Labute approximate surface area is 140 Å². The van der Waals surface area contributed by atoms with Gasteiger partial charge in [0.25, 0.3) is 11.8 Å². The summed E-state index contributed by atoms with van der Waals surface area (Å²) >= 11 is 0. The average molecular weight is 322 g/mol. The molecule has 0 saturated heterocycles. The van der Waals surface area contributed by atoms with Crippen LogP contribution in [0.5, 0.6) is 0 Å². The van der Waals surface area contributed by atoms with Crippen LogP contribution in [0.4, 0.5) is 5.69 Å². The van der Waals surface area contributed by atoms with E-state index in [1.54, 1.807) is 24.3 Å². The number of para-hydroxylation sites is 1. The summed E-state index contributed by atoms with van der Waals surface area (Å²) in [6, 6.07) is 18.3. The van der Waals surface area contributed by atoms with E-state index in [1.807, 2.05) is 36.4 Å². The van der Waals surface area contributed by atoms with E-state index >= 15 is 0 Å². The topological polar surface area (TPSA) is 78.4 Å². The van der Waals surface area contributed by atoms with Crippen molar-refractivity contribution in [1.82, 2.24) is 5.32 Å². The second-order valence-electron chi connectivity index (χ2n) is 5.71. The zero-order valence-electron chi connectivity index (χ0n) is 13.0. The molecule has 24 heavy (non-hydrogen) atoms. The lowest BCUT2D eigenvalue weighted by Crippen LogP contribution is -2.44. The molecule has 2 aromatic carbocycles. The number of hydrogen-bond donors (Lipinski definition) is 3. The highest BCUT2D eigenvalue weighted by molar-refractivity contribution is 6.23. The SMILES string of the molecule is O=C(Nc1ccccc1)C1=C(O)CC(Cc2ccccc2)NC1=O. The number of carbonyl (C=O) groups is 2. The minimum absolute atomic E-state index is 0.173. The Morgan fingerprint density at radius 1 is 1.08 bits per heavy atom. The number of carbonyl (C=O) groups excluding carboxylic acids is 2. The van der Waals surface area contributed by atoms with Gasteiger partial charge in [0.2, 0.25) is 0 Å². The van der Waals surface area contributed by atoms with Gasteiger partial charge in [0.15, 0.2) is 0 Å². The summed E-state index contributed by atoms with van der Waals surface area (Å²) in [5.74, 6) is -1.32. The quantitative estimate of drug-likeness (QED) is 0.757. The average Bonchev–Trinajstić information content (AvgIpc) is 2.56. The second-order valence-corrected chi connectivity index (χ2v) is 5.71. The normalized spacial score (nSPS) is 17.3. The predicted octanol–water partition coefficient (Wildman–Crippen LogP) is 2.57. The van der Waals surface area contributed by atoms with Gasteiger partial charge in [0.1, 0.15) is 11.3 Å². The van der Waals surface area contributed by atoms with Crippen LogP contribution in [0.1, 0.15) is 12.0 Å². The van der Waals surface area contributed by atoms with E-state index in [0.29, 0.717) is 12.1 Å². The third-order valence-corrected chi connectivity index (χ3v) is 3.87. The lowest BCUT2D eigenvalue weighted by Gasteiger charge is -2.25. The maximum absolute atomic E-state index is 12.3. The summed E-state index contributed by atoms with van der Waals surface area (Å²) < 4.78 is 0. The van der Waals surface area contributed by atoms with Crippen molar-refractivity contribution in [2.75, 3.05) is 5.32 Å². The number of aliphatic hydroxyl groups is 1. The van der Waals surface area contributed by atoms with Crippen molar-refractivity contribution in [2.24, 2.45) is 0 Å². The Balaban J connectivity index is 1.71. The van der Waals surface area contributed by atoms with Gasteiger partial charge in [-0.1, -0.05) is 48.5 Å². The van der Waals surface area contributed by atoms with E-state index in [0.717, 1.165) is 5.56 Å². The highest BCUT2D eigenvalue weighted by Crippen LogP contribution is 2.20. The fraction of sp³-hybridized carbons (Fsp3) is 0.158. The second kappa shape index (κ2) is 7.00. The number of amides is 2. The zero-order valence-corrected chi connectivity index (χ0v) is 13.0. The molecule has 0 aliphatic carbocycles. The van der Waals surface area contributed by atoms with Gasteiger partial charge in [-0.3, -0.25) is 9.59 Å². The van der Waals surface area contributed by atoms with E-state index in [2.05, 4.69) is 10.6 Å². The number of hydrogen-bond acceptors (Lipinski definition) is 3. The van der Waals surface area contributed by atoms with E-state index in [4.69, 9.17) is 0 Å². The van der Waals surface area contributed by atoms with Gasteiger partial charge in [-0.05, 0) is 24.1 Å². The van der Waals surface area contributed by atoms with E-state index in [-0.39, 0.29) is 23.8 Å². The van der Waals surface area contributed by atoms with Gasteiger partial charge in [-0.15, -0.1) is 0 Å². The van der Waals surface area contributed by atoms with Gasteiger partial charge in [0, 0.05) is 18.2 Å². The molecule has 1 aliphatic rings. The van der Waals surface area contributed by atoms with Crippen molar-refractivity contribution in [3.63, 3.8) is 0 Å². The molecular formula is C19H18N2O3. The molecule has 1 aliphatic heterocycles. The highest BCUT2D eigenvalue weighted by atomic mass is 16.3. The molecular weight excluding hydrogens is 304 g/mol. The van der Waals surface area contributed by atoms with Crippen LogP contribution in [0.2, 0.25) is 0 Å². The van der Waals surface area contributed by atoms with Gasteiger partial charge in [-0.25, -0.2) is 0 Å². The Morgan fingerprint density at radius 2 is 1.71 bits per heavy atom. The van der Waals surface area contributed by atoms with Gasteiger partial charge in [-0.2, -0.15) is 0 Å². The molecule has 0 aromatic heterocycles. The molecule has 1 atom stereocenters. The number of rotatable bonds is 4. The van der Waals surface area contributed by atoms with Crippen LogP contribution in [-0.4, -0.2) is 23.0 Å². The molecule has 3 rings (SSSR count). The largest absolute Gasteiger partial charge is 0.511 e. The molecule has 0 bridgehead atoms. The Kier molecular flexibility index (Phi) is 4.61. The Morgan fingerprint density at radius 3 is 2.33 bits per heavy atom. The predicted molar refractivity (Wildman–Crippen MR) is 91.4 cm³/mol. The molecule has 1 heterocycles. The van der Waals surface area contributed by atoms with Crippen LogP contribution in [0, 0.1) is 0 Å². The van der Waals surface area contributed by atoms with E-state index < -0.39 is 11.8 Å². The Bertz CT molecular complexity index is 770. The molecule has 5 heteroatoms. The molecule has 0 saturated carbocycles. The molecule has 122 valence electrons. The maximum Gasteiger partial charge on any atom is 0.264 e. The van der Waals surface area contributed by atoms with Crippen LogP contribution < -0.4 is 10.6 Å². The summed E-state index contributed by atoms with van der Waals surface area (Å²) in [7, 11) is 0. The van der Waals surface area contributed by atoms with Gasteiger partial charge >= 0.3 is 0 Å². The zero-order chi connectivity index (χ0) is 16.9. The first kappa shape index (κ1) is 15.8. The molecule has 5 nitrogen and oxygen atoms in total. The van der Waals surface area contributed by atoms with Gasteiger partial charge in [0.05, 0.1) is 0 Å².